The molecule has 0 aliphatic rings. The summed E-state index contributed by atoms with van der Waals surface area (Å²) in [5.41, 5.74) is 6.28. The van der Waals surface area contributed by atoms with E-state index in [-0.39, 0.29) is 12.0 Å². The minimum absolute atomic E-state index is 0.0229. The highest BCUT2D eigenvalue weighted by atomic mass is 16.5. The normalized spacial score (nSPS) is 12.2. The Labute approximate surface area is 90.2 Å². The van der Waals surface area contributed by atoms with Gasteiger partial charge in [-0.15, -0.1) is 0 Å². The van der Waals surface area contributed by atoms with Crippen molar-refractivity contribution in [3.05, 3.63) is 35.4 Å². The third-order valence-corrected chi connectivity index (χ3v) is 2.35. The average molecular weight is 208 g/mol. The minimum Gasteiger partial charge on any atom is -0.466 e. The van der Waals surface area contributed by atoms with Gasteiger partial charge in [-0.3, -0.25) is 4.79 Å². The lowest BCUT2D eigenvalue weighted by molar-refractivity contribution is -0.426. The lowest BCUT2D eigenvalue weighted by Gasteiger charge is -2.10. The summed E-state index contributed by atoms with van der Waals surface area (Å²) >= 11 is 0. The van der Waals surface area contributed by atoms with E-state index in [4.69, 9.17) is 4.74 Å². The fourth-order valence-electron chi connectivity index (χ4n) is 1.58. The molecule has 1 atom stereocenters. The molecule has 0 heterocycles. The molecule has 0 saturated heterocycles. The number of aryl methyl sites for hydroxylation is 1. The smallest absolute Gasteiger partial charge is 0.312 e. The first-order valence-electron chi connectivity index (χ1n) is 5.19. The van der Waals surface area contributed by atoms with Gasteiger partial charge in [0.05, 0.1) is 6.61 Å². The van der Waals surface area contributed by atoms with Gasteiger partial charge in [0.2, 0.25) is 0 Å². The van der Waals surface area contributed by atoms with Crippen LogP contribution in [0.25, 0.3) is 0 Å². The van der Waals surface area contributed by atoms with E-state index in [2.05, 4.69) is 5.73 Å². The summed E-state index contributed by atoms with van der Waals surface area (Å²) in [5, 5.41) is 0. The SMILES string of the molecule is CCOC(=O)C[C@H]([NH3+])c1ccccc1C. The molecule has 15 heavy (non-hydrogen) atoms. The molecule has 0 aromatic heterocycles. The van der Waals surface area contributed by atoms with Crippen LogP contribution in [-0.4, -0.2) is 12.6 Å². The van der Waals surface area contributed by atoms with Gasteiger partial charge >= 0.3 is 5.97 Å². The van der Waals surface area contributed by atoms with Crippen LogP contribution in [0.3, 0.4) is 0 Å². The van der Waals surface area contributed by atoms with E-state index >= 15 is 0 Å². The van der Waals surface area contributed by atoms with Crippen molar-refractivity contribution in [3.63, 3.8) is 0 Å². The Bertz CT molecular complexity index is 336. The summed E-state index contributed by atoms with van der Waals surface area (Å²) in [7, 11) is 0. The molecule has 0 fully saturated rings. The van der Waals surface area contributed by atoms with E-state index in [0.29, 0.717) is 13.0 Å². The maximum absolute atomic E-state index is 11.3. The van der Waals surface area contributed by atoms with Crippen LogP contribution >= 0.6 is 0 Å². The van der Waals surface area contributed by atoms with Gasteiger partial charge in [-0.1, -0.05) is 24.3 Å². The number of rotatable bonds is 4. The minimum atomic E-state index is -0.180. The maximum atomic E-state index is 11.3. The standard InChI is InChI=1S/C12H17NO2/c1-3-15-12(14)8-11(13)10-7-5-4-6-9(10)2/h4-7,11H,3,8,13H2,1-2H3/p+1/t11-/m0/s1. The van der Waals surface area contributed by atoms with Crippen LogP contribution in [0.1, 0.15) is 30.5 Å². The Hall–Kier alpha value is -1.35. The lowest BCUT2D eigenvalue weighted by atomic mass is 10.00. The number of ether oxygens (including phenoxy) is 1. The molecule has 3 N–H and O–H groups in total. The van der Waals surface area contributed by atoms with Crippen molar-refractivity contribution in [2.24, 2.45) is 0 Å². The second-order valence-corrected chi connectivity index (χ2v) is 3.56. The van der Waals surface area contributed by atoms with Crippen LogP contribution in [0.5, 0.6) is 0 Å². The second kappa shape index (κ2) is 5.51. The van der Waals surface area contributed by atoms with Gasteiger partial charge < -0.3 is 10.5 Å². The molecule has 0 bridgehead atoms. The first kappa shape index (κ1) is 11.7. The summed E-state index contributed by atoms with van der Waals surface area (Å²) in [4.78, 5) is 11.3. The van der Waals surface area contributed by atoms with Crippen molar-refractivity contribution in [3.8, 4) is 0 Å². The summed E-state index contributed by atoms with van der Waals surface area (Å²) in [6, 6.07) is 7.96. The van der Waals surface area contributed by atoms with Crippen LogP contribution in [0.15, 0.2) is 24.3 Å². The second-order valence-electron chi connectivity index (χ2n) is 3.56. The third-order valence-electron chi connectivity index (χ3n) is 2.35. The van der Waals surface area contributed by atoms with Gasteiger partial charge in [-0.25, -0.2) is 0 Å². The van der Waals surface area contributed by atoms with Gasteiger partial charge in [0.15, 0.2) is 0 Å². The van der Waals surface area contributed by atoms with E-state index in [9.17, 15) is 4.79 Å². The molecule has 1 rings (SSSR count). The first-order chi connectivity index (χ1) is 7.15. The summed E-state index contributed by atoms with van der Waals surface area (Å²) in [6.07, 6.45) is 0.346. The van der Waals surface area contributed by atoms with Crippen LogP contribution < -0.4 is 5.73 Å². The fraction of sp³-hybridized carbons (Fsp3) is 0.417. The van der Waals surface area contributed by atoms with Crippen LogP contribution in [0.2, 0.25) is 0 Å². The van der Waals surface area contributed by atoms with Gasteiger partial charge in [0, 0.05) is 5.56 Å². The summed E-state index contributed by atoms with van der Waals surface area (Å²) in [5.74, 6) is -0.180. The van der Waals surface area contributed by atoms with Crippen LogP contribution in [-0.2, 0) is 9.53 Å². The van der Waals surface area contributed by atoms with Crippen molar-refractivity contribution in [1.82, 2.24) is 0 Å². The predicted octanol–water partition coefficient (Wildman–Crippen LogP) is 1.23. The molecule has 0 unspecified atom stereocenters. The van der Waals surface area contributed by atoms with E-state index in [1.165, 1.54) is 5.56 Å². The molecule has 3 heteroatoms. The molecular weight excluding hydrogens is 190 g/mol. The monoisotopic (exact) mass is 208 g/mol. The number of hydrogen-bond acceptors (Lipinski definition) is 2. The Kier molecular flexibility index (Phi) is 4.31. The highest BCUT2D eigenvalue weighted by Gasteiger charge is 2.16. The number of hydrogen-bond donors (Lipinski definition) is 1. The highest BCUT2D eigenvalue weighted by molar-refractivity contribution is 5.70. The zero-order chi connectivity index (χ0) is 11.3. The Morgan fingerprint density at radius 1 is 1.47 bits per heavy atom. The molecule has 0 aliphatic carbocycles. The van der Waals surface area contributed by atoms with Crippen molar-refractivity contribution >= 4 is 5.97 Å². The summed E-state index contributed by atoms with van der Waals surface area (Å²) in [6.45, 7) is 4.27. The number of carbonyl (C=O) groups excluding carboxylic acids is 1. The third kappa shape index (κ3) is 3.36. The topological polar surface area (TPSA) is 53.9 Å². The molecule has 0 spiro atoms. The van der Waals surface area contributed by atoms with E-state index in [0.717, 1.165) is 5.56 Å². The number of esters is 1. The Balaban J connectivity index is 2.65. The zero-order valence-electron chi connectivity index (χ0n) is 9.32. The molecule has 0 radical (unpaired) electrons. The van der Waals surface area contributed by atoms with Crippen LogP contribution in [0, 0.1) is 6.92 Å². The van der Waals surface area contributed by atoms with Gasteiger partial charge in [-0.2, -0.15) is 0 Å². The molecular formula is C12H18NO2+. The molecule has 0 saturated carbocycles. The number of carbonyl (C=O) groups is 1. The molecule has 0 amide bonds. The number of quaternary nitrogens is 1. The molecule has 82 valence electrons. The van der Waals surface area contributed by atoms with Crippen LogP contribution in [0.4, 0.5) is 0 Å². The van der Waals surface area contributed by atoms with Gasteiger partial charge in [-0.05, 0) is 19.4 Å². The largest absolute Gasteiger partial charge is 0.466 e. The van der Waals surface area contributed by atoms with Gasteiger partial charge in [0.25, 0.3) is 0 Å². The molecule has 3 nitrogen and oxygen atoms in total. The number of benzene rings is 1. The Morgan fingerprint density at radius 2 is 2.13 bits per heavy atom. The van der Waals surface area contributed by atoms with E-state index in [1.807, 2.05) is 38.1 Å². The van der Waals surface area contributed by atoms with Crippen molar-refractivity contribution in [2.45, 2.75) is 26.3 Å². The van der Waals surface area contributed by atoms with E-state index in [1.54, 1.807) is 0 Å². The zero-order valence-corrected chi connectivity index (χ0v) is 9.32. The van der Waals surface area contributed by atoms with Crippen molar-refractivity contribution in [2.75, 3.05) is 6.61 Å². The lowest BCUT2D eigenvalue weighted by Crippen LogP contribution is -2.54. The highest BCUT2D eigenvalue weighted by Crippen LogP contribution is 2.16. The molecule has 0 aliphatic heterocycles. The first-order valence-corrected chi connectivity index (χ1v) is 5.19. The van der Waals surface area contributed by atoms with Gasteiger partial charge in [0.1, 0.15) is 12.5 Å². The van der Waals surface area contributed by atoms with E-state index < -0.39 is 0 Å². The Morgan fingerprint density at radius 3 is 2.73 bits per heavy atom. The van der Waals surface area contributed by atoms with Crippen molar-refractivity contribution in [1.29, 1.82) is 0 Å². The average Bonchev–Trinajstić information content (AvgIpc) is 2.18. The predicted molar refractivity (Wildman–Crippen MR) is 58.1 cm³/mol. The quantitative estimate of drug-likeness (QED) is 0.757. The maximum Gasteiger partial charge on any atom is 0.312 e. The molecule has 1 aromatic rings. The fourth-order valence-corrected chi connectivity index (χ4v) is 1.58. The van der Waals surface area contributed by atoms with Crippen molar-refractivity contribution < 1.29 is 15.3 Å². The summed E-state index contributed by atoms with van der Waals surface area (Å²) < 4.78 is 4.89. The molecule has 1 aromatic carbocycles.